The maximum atomic E-state index is 5.55. The van der Waals surface area contributed by atoms with Crippen molar-refractivity contribution in [3.63, 3.8) is 0 Å². The second kappa shape index (κ2) is 12.5. The molecule has 0 saturated carbocycles. The zero-order valence-electron chi connectivity index (χ0n) is 31.0. The van der Waals surface area contributed by atoms with Gasteiger partial charge in [0.2, 0.25) is 0 Å². The van der Waals surface area contributed by atoms with Gasteiger partial charge in [0.05, 0.1) is 22.2 Å². The predicted molar refractivity (Wildman–Crippen MR) is 242 cm³/mol. The van der Waals surface area contributed by atoms with E-state index < -0.39 is 0 Å². The van der Waals surface area contributed by atoms with E-state index in [0.717, 1.165) is 33.2 Å². The molecular formula is C55H34N2. The SMILES string of the molecule is c1ccc(-n2c3ccccc3c3ccc4c5ccccc5nc(-c5cccc(-c6c7ccccc7c(-c7ccc8ccccc8c7)c7ccccc67)c5)c4c32)cc1. The number of hydrogen-bond acceptors (Lipinski definition) is 1. The van der Waals surface area contributed by atoms with Crippen LogP contribution in [0.15, 0.2) is 206 Å². The van der Waals surface area contributed by atoms with Crippen molar-refractivity contribution in [2.24, 2.45) is 0 Å². The van der Waals surface area contributed by atoms with Crippen molar-refractivity contribution in [2.45, 2.75) is 0 Å². The average molecular weight is 723 g/mol. The molecule has 0 saturated heterocycles. The summed E-state index contributed by atoms with van der Waals surface area (Å²) in [5.74, 6) is 0. The quantitative estimate of drug-likeness (QED) is 0.131. The smallest absolute Gasteiger partial charge is 0.0809 e. The molecule has 0 aliphatic heterocycles. The molecule has 0 aliphatic rings. The first-order valence-corrected chi connectivity index (χ1v) is 19.6. The molecule has 0 unspecified atom stereocenters. The highest BCUT2D eigenvalue weighted by atomic mass is 15.0. The number of nitrogens with zero attached hydrogens (tertiary/aromatic N) is 2. The zero-order chi connectivity index (χ0) is 37.5. The minimum atomic E-state index is 0.984. The van der Waals surface area contributed by atoms with Gasteiger partial charge in [0.1, 0.15) is 0 Å². The Hall–Kier alpha value is -7.55. The Kier molecular flexibility index (Phi) is 6.96. The molecule has 2 nitrogen and oxygen atoms in total. The maximum absolute atomic E-state index is 5.55. The van der Waals surface area contributed by atoms with E-state index in [1.807, 2.05) is 0 Å². The van der Waals surface area contributed by atoms with Gasteiger partial charge in [-0.3, -0.25) is 0 Å². The van der Waals surface area contributed by atoms with Crippen molar-refractivity contribution in [3.05, 3.63) is 206 Å². The molecule has 0 radical (unpaired) electrons. The number of para-hydroxylation sites is 3. The van der Waals surface area contributed by atoms with Crippen LogP contribution in [0, 0.1) is 0 Å². The third kappa shape index (κ3) is 4.81. The first-order chi connectivity index (χ1) is 28.3. The number of benzene rings is 10. The summed E-state index contributed by atoms with van der Waals surface area (Å²) in [7, 11) is 0. The number of fused-ring (bicyclic) bond motifs is 10. The highest BCUT2D eigenvalue weighted by Gasteiger charge is 2.22. The number of aromatic nitrogens is 2. The van der Waals surface area contributed by atoms with E-state index in [2.05, 4.69) is 211 Å². The lowest BCUT2D eigenvalue weighted by Gasteiger charge is -2.19. The zero-order valence-corrected chi connectivity index (χ0v) is 31.0. The third-order valence-electron chi connectivity index (χ3n) is 11.9. The number of rotatable bonds is 4. The van der Waals surface area contributed by atoms with Gasteiger partial charge in [-0.2, -0.15) is 0 Å². The molecule has 0 atom stereocenters. The number of pyridine rings is 1. The maximum Gasteiger partial charge on any atom is 0.0809 e. The minimum Gasteiger partial charge on any atom is -0.309 e. The molecule has 12 aromatic rings. The second-order valence-corrected chi connectivity index (χ2v) is 15.0. The standard InChI is InChI=1S/C55H34N2/c1-2-19-40(20-3-1)57-50-28-13-11-22-42(50)48-32-31-47-41-21-10-12-27-49(41)56-54(53(47)55(48)57)39-18-14-17-37(34-39)51-43-23-6-8-25-45(43)52(46-26-9-7-24-44(46)51)38-30-29-35-15-4-5-16-36(35)33-38/h1-34H. The molecule has 0 amide bonds. The normalized spacial score (nSPS) is 11.9. The van der Waals surface area contributed by atoms with E-state index in [-0.39, 0.29) is 0 Å². The van der Waals surface area contributed by atoms with Crippen LogP contribution in [0.5, 0.6) is 0 Å². The summed E-state index contributed by atoms with van der Waals surface area (Å²) in [5.41, 5.74) is 11.5. The van der Waals surface area contributed by atoms with Gasteiger partial charge in [0.25, 0.3) is 0 Å². The molecule has 0 spiro atoms. The Bertz CT molecular complexity index is 3520. The van der Waals surface area contributed by atoms with Gasteiger partial charge in [0, 0.05) is 32.8 Å². The Morgan fingerprint density at radius 2 is 0.895 bits per heavy atom. The van der Waals surface area contributed by atoms with Crippen molar-refractivity contribution in [1.29, 1.82) is 0 Å². The molecule has 10 aromatic carbocycles. The highest BCUT2D eigenvalue weighted by molar-refractivity contribution is 6.26. The third-order valence-corrected chi connectivity index (χ3v) is 11.9. The molecule has 2 heterocycles. The van der Waals surface area contributed by atoms with Crippen LogP contribution in [0.25, 0.3) is 115 Å². The van der Waals surface area contributed by atoms with Gasteiger partial charge < -0.3 is 4.57 Å². The van der Waals surface area contributed by atoms with Gasteiger partial charge in [-0.05, 0) is 96.4 Å². The Balaban J connectivity index is 1.17. The van der Waals surface area contributed by atoms with E-state index in [0.29, 0.717) is 0 Å². The van der Waals surface area contributed by atoms with Crippen molar-refractivity contribution in [3.8, 4) is 39.2 Å². The van der Waals surface area contributed by atoms with Crippen molar-refractivity contribution >= 4 is 75.8 Å². The van der Waals surface area contributed by atoms with Gasteiger partial charge in [-0.15, -0.1) is 0 Å². The summed E-state index contributed by atoms with van der Waals surface area (Å²) in [4.78, 5) is 5.55. The monoisotopic (exact) mass is 722 g/mol. The van der Waals surface area contributed by atoms with Crippen LogP contribution in [0.1, 0.15) is 0 Å². The second-order valence-electron chi connectivity index (χ2n) is 15.0. The summed E-state index contributed by atoms with van der Waals surface area (Å²) in [5, 5.41) is 13.4. The van der Waals surface area contributed by atoms with Gasteiger partial charge in [-0.1, -0.05) is 170 Å². The molecule has 0 N–H and O–H groups in total. The lowest BCUT2D eigenvalue weighted by molar-refractivity contribution is 1.19. The van der Waals surface area contributed by atoms with E-state index in [1.54, 1.807) is 0 Å². The van der Waals surface area contributed by atoms with E-state index in [9.17, 15) is 0 Å². The van der Waals surface area contributed by atoms with Crippen LogP contribution in [-0.4, -0.2) is 9.55 Å². The Labute approximate surface area is 329 Å². The molecule has 0 bridgehead atoms. The summed E-state index contributed by atoms with van der Waals surface area (Å²) in [6, 6.07) is 75.1. The van der Waals surface area contributed by atoms with Crippen molar-refractivity contribution in [1.82, 2.24) is 9.55 Å². The van der Waals surface area contributed by atoms with Crippen LogP contribution < -0.4 is 0 Å². The van der Waals surface area contributed by atoms with Crippen LogP contribution in [0.2, 0.25) is 0 Å². The Morgan fingerprint density at radius 3 is 1.63 bits per heavy atom. The topological polar surface area (TPSA) is 17.8 Å². The first-order valence-electron chi connectivity index (χ1n) is 19.6. The van der Waals surface area contributed by atoms with Crippen molar-refractivity contribution in [2.75, 3.05) is 0 Å². The summed E-state index contributed by atoms with van der Waals surface area (Å²) in [6.45, 7) is 0. The largest absolute Gasteiger partial charge is 0.309 e. The van der Waals surface area contributed by atoms with E-state index in [4.69, 9.17) is 4.98 Å². The van der Waals surface area contributed by atoms with Gasteiger partial charge >= 0.3 is 0 Å². The van der Waals surface area contributed by atoms with Gasteiger partial charge in [-0.25, -0.2) is 4.98 Å². The summed E-state index contributed by atoms with van der Waals surface area (Å²) < 4.78 is 2.43. The van der Waals surface area contributed by atoms with Crippen LogP contribution in [0.3, 0.4) is 0 Å². The summed E-state index contributed by atoms with van der Waals surface area (Å²) >= 11 is 0. The molecule has 0 fully saturated rings. The Morgan fingerprint density at radius 1 is 0.333 bits per heavy atom. The lowest BCUT2D eigenvalue weighted by atomic mass is 9.85. The minimum absolute atomic E-state index is 0.984. The summed E-state index contributed by atoms with van der Waals surface area (Å²) in [6.07, 6.45) is 0. The molecule has 264 valence electrons. The fraction of sp³-hybridized carbons (Fsp3) is 0. The highest BCUT2D eigenvalue weighted by Crippen LogP contribution is 2.46. The predicted octanol–water partition coefficient (Wildman–Crippen LogP) is 14.9. The van der Waals surface area contributed by atoms with Gasteiger partial charge in [0.15, 0.2) is 0 Å². The van der Waals surface area contributed by atoms with Crippen molar-refractivity contribution < 1.29 is 0 Å². The molecule has 2 heteroatoms. The molecule has 0 aliphatic carbocycles. The molecule has 57 heavy (non-hydrogen) atoms. The molecular weight excluding hydrogens is 689 g/mol. The first kappa shape index (κ1) is 31.8. The fourth-order valence-corrected chi connectivity index (χ4v) is 9.47. The number of hydrogen-bond donors (Lipinski definition) is 0. The van der Waals surface area contributed by atoms with Crippen LogP contribution >= 0.6 is 0 Å². The van der Waals surface area contributed by atoms with E-state index >= 15 is 0 Å². The van der Waals surface area contributed by atoms with Crippen LogP contribution in [-0.2, 0) is 0 Å². The lowest BCUT2D eigenvalue weighted by Crippen LogP contribution is -1.97. The average Bonchev–Trinajstić information content (AvgIpc) is 3.62. The molecule has 2 aromatic heterocycles. The van der Waals surface area contributed by atoms with E-state index in [1.165, 1.54) is 81.8 Å². The fourth-order valence-electron chi connectivity index (χ4n) is 9.47. The molecule has 12 rings (SSSR count). The van der Waals surface area contributed by atoms with Crippen LogP contribution in [0.4, 0.5) is 0 Å².